The van der Waals surface area contributed by atoms with Gasteiger partial charge >= 0.3 is 0 Å². The van der Waals surface area contributed by atoms with Crippen LogP contribution in [-0.4, -0.2) is 9.78 Å². The summed E-state index contributed by atoms with van der Waals surface area (Å²) in [5.74, 6) is 1.18. The monoisotopic (exact) mass is 476 g/mol. The minimum atomic E-state index is -0.0846. The lowest BCUT2D eigenvalue weighted by atomic mass is 10.1. The molecular formula is C27H25ClN2O2S. The molecule has 0 spiro atoms. The van der Waals surface area contributed by atoms with E-state index in [0.717, 1.165) is 23.3 Å². The Hall–Kier alpha value is -3.02. The number of hydrogen-bond donors (Lipinski definition) is 0. The van der Waals surface area contributed by atoms with E-state index in [1.54, 1.807) is 0 Å². The number of halogens is 1. The second kappa shape index (κ2) is 11.2. The van der Waals surface area contributed by atoms with Crippen LogP contribution in [0.1, 0.15) is 30.9 Å². The Bertz CT molecular complexity index is 1240. The highest BCUT2D eigenvalue weighted by Gasteiger charge is 2.20. The standard InChI is InChI=1S/C27H25ClN2O2S/c1-2-3-14-24-25(31)26(33-23-17-15-21(28)16-18-23)29-30(19-20-10-6-4-7-11-20)27(24)32-22-12-8-5-9-13-22/h4-13,15-18H,2-3,14,19H2,1H3. The largest absolute Gasteiger partial charge is 0.439 e. The summed E-state index contributed by atoms with van der Waals surface area (Å²) >= 11 is 7.39. The third kappa shape index (κ3) is 6.06. The maximum atomic E-state index is 13.6. The fourth-order valence-corrected chi connectivity index (χ4v) is 4.39. The minimum Gasteiger partial charge on any atom is -0.439 e. The topological polar surface area (TPSA) is 44.1 Å². The lowest BCUT2D eigenvalue weighted by Gasteiger charge is -2.18. The zero-order valence-electron chi connectivity index (χ0n) is 18.4. The molecule has 33 heavy (non-hydrogen) atoms. The number of hydrogen-bond acceptors (Lipinski definition) is 4. The Morgan fingerprint density at radius 1 is 0.939 bits per heavy atom. The quantitative estimate of drug-likeness (QED) is 0.255. The molecule has 1 heterocycles. The number of unbranched alkanes of at least 4 members (excludes halogenated alkanes) is 1. The van der Waals surface area contributed by atoms with Crippen LogP contribution in [0.3, 0.4) is 0 Å². The van der Waals surface area contributed by atoms with Gasteiger partial charge in [-0.25, -0.2) is 4.68 Å². The van der Waals surface area contributed by atoms with Crippen molar-refractivity contribution in [2.45, 2.75) is 42.7 Å². The highest BCUT2D eigenvalue weighted by molar-refractivity contribution is 7.99. The van der Waals surface area contributed by atoms with E-state index in [4.69, 9.17) is 21.4 Å². The SMILES string of the molecule is CCCCc1c(Oc2ccccc2)n(Cc2ccccc2)nc(Sc2ccc(Cl)cc2)c1=O. The number of para-hydroxylation sites is 1. The average Bonchev–Trinajstić information content (AvgIpc) is 2.84. The Morgan fingerprint density at radius 3 is 2.27 bits per heavy atom. The van der Waals surface area contributed by atoms with E-state index >= 15 is 0 Å². The van der Waals surface area contributed by atoms with Gasteiger partial charge in [-0.2, -0.15) is 5.10 Å². The summed E-state index contributed by atoms with van der Waals surface area (Å²) in [5, 5.41) is 5.85. The number of rotatable bonds is 9. The van der Waals surface area contributed by atoms with Crippen LogP contribution < -0.4 is 10.2 Å². The summed E-state index contributed by atoms with van der Waals surface area (Å²) in [6.45, 7) is 2.61. The molecule has 0 saturated carbocycles. The van der Waals surface area contributed by atoms with Crippen molar-refractivity contribution in [2.24, 2.45) is 0 Å². The molecule has 3 aromatic carbocycles. The molecule has 0 fully saturated rings. The first-order chi connectivity index (χ1) is 16.1. The second-order valence-corrected chi connectivity index (χ2v) is 9.13. The van der Waals surface area contributed by atoms with Gasteiger partial charge in [0, 0.05) is 9.92 Å². The van der Waals surface area contributed by atoms with Crippen LogP contribution in [-0.2, 0) is 13.0 Å². The van der Waals surface area contributed by atoms with Gasteiger partial charge in [0.1, 0.15) is 5.75 Å². The third-order valence-electron chi connectivity index (χ3n) is 5.11. The highest BCUT2D eigenvalue weighted by Crippen LogP contribution is 2.30. The van der Waals surface area contributed by atoms with Gasteiger partial charge in [-0.1, -0.05) is 85.2 Å². The first-order valence-electron chi connectivity index (χ1n) is 11.0. The number of benzene rings is 3. The molecule has 168 valence electrons. The molecule has 4 nitrogen and oxygen atoms in total. The van der Waals surface area contributed by atoms with Gasteiger partial charge in [0.25, 0.3) is 0 Å². The number of aromatic nitrogens is 2. The van der Waals surface area contributed by atoms with Gasteiger partial charge < -0.3 is 4.74 Å². The summed E-state index contributed by atoms with van der Waals surface area (Å²) in [7, 11) is 0. The number of ether oxygens (including phenoxy) is 1. The molecule has 0 aliphatic rings. The molecule has 0 bridgehead atoms. The van der Waals surface area contributed by atoms with Crippen LogP contribution in [0.25, 0.3) is 0 Å². The lowest BCUT2D eigenvalue weighted by Crippen LogP contribution is -2.22. The van der Waals surface area contributed by atoms with E-state index in [1.165, 1.54) is 11.8 Å². The van der Waals surface area contributed by atoms with Crippen molar-refractivity contribution in [3.05, 3.63) is 111 Å². The fourth-order valence-electron chi connectivity index (χ4n) is 3.42. The Labute approximate surface area is 203 Å². The molecule has 0 aliphatic carbocycles. The molecule has 0 saturated heterocycles. The maximum Gasteiger partial charge on any atom is 0.223 e. The fraction of sp³-hybridized carbons (Fsp3) is 0.185. The summed E-state index contributed by atoms with van der Waals surface area (Å²) in [4.78, 5) is 14.5. The molecule has 0 N–H and O–H groups in total. The van der Waals surface area contributed by atoms with Gasteiger partial charge in [-0.05, 0) is 54.8 Å². The molecular weight excluding hydrogens is 452 g/mol. The van der Waals surface area contributed by atoms with Gasteiger partial charge in [0.15, 0.2) is 5.03 Å². The first-order valence-corrected chi connectivity index (χ1v) is 12.2. The van der Waals surface area contributed by atoms with Crippen LogP contribution in [0.2, 0.25) is 5.02 Å². The van der Waals surface area contributed by atoms with E-state index in [9.17, 15) is 4.79 Å². The van der Waals surface area contributed by atoms with Crippen LogP contribution >= 0.6 is 23.4 Å². The van der Waals surface area contributed by atoms with Crippen molar-refractivity contribution in [1.82, 2.24) is 9.78 Å². The zero-order chi connectivity index (χ0) is 23.0. The van der Waals surface area contributed by atoms with Gasteiger partial charge in [-0.15, -0.1) is 0 Å². The van der Waals surface area contributed by atoms with E-state index in [-0.39, 0.29) is 5.43 Å². The van der Waals surface area contributed by atoms with Crippen LogP contribution in [0.5, 0.6) is 11.6 Å². The lowest BCUT2D eigenvalue weighted by molar-refractivity contribution is 0.394. The van der Waals surface area contributed by atoms with Crippen molar-refractivity contribution >= 4 is 23.4 Å². The van der Waals surface area contributed by atoms with E-state index in [2.05, 4.69) is 6.92 Å². The van der Waals surface area contributed by atoms with E-state index < -0.39 is 0 Å². The van der Waals surface area contributed by atoms with E-state index in [1.807, 2.05) is 89.6 Å². The normalized spacial score (nSPS) is 10.8. The summed E-state index contributed by atoms with van der Waals surface area (Å²) < 4.78 is 8.10. The summed E-state index contributed by atoms with van der Waals surface area (Å²) in [6, 6.07) is 27.0. The molecule has 0 aliphatic heterocycles. The van der Waals surface area contributed by atoms with Crippen molar-refractivity contribution in [2.75, 3.05) is 0 Å². The molecule has 0 unspecified atom stereocenters. The van der Waals surface area contributed by atoms with Crippen molar-refractivity contribution < 1.29 is 4.74 Å². The summed E-state index contributed by atoms with van der Waals surface area (Å²) in [5.41, 5.74) is 1.65. The maximum absolute atomic E-state index is 13.6. The molecule has 4 aromatic rings. The molecule has 0 radical (unpaired) electrons. The zero-order valence-corrected chi connectivity index (χ0v) is 20.0. The minimum absolute atomic E-state index is 0.0846. The molecule has 4 rings (SSSR count). The van der Waals surface area contributed by atoms with Crippen LogP contribution in [0, 0.1) is 0 Å². The van der Waals surface area contributed by atoms with Crippen molar-refractivity contribution in [1.29, 1.82) is 0 Å². The molecule has 0 amide bonds. The van der Waals surface area contributed by atoms with Crippen LogP contribution in [0.15, 0.2) is 99.6 Å². The van der Waals surface area contributed by atoms with Gasteiger partial charge in [-0.3, -0.25) is 4.79 Å². The van der Waals surface area contributed by atoms with Crippen molar-refractivity contribution in [3.63, 3.8) is 0 Å². The number of nitrogens with zero attached hydrogens (tertiary/aromatic N) is 2. The predicted octanol–water partition coefficient (Wildman–Crippen LogP) is 7.23. The van der Waals surface area contributed by atoms with Gasteiger partial charge in [0.2, 0.25) is 11.3 Å². The molecule has 6 heteroatoms. The molecule has 0 atom stereocenters. The Morgan fingerprint density at radius 2 is 1.61 bits per heavy atom. The van der Waals surface area contributed by atoms with Crippen molar-refractivity contribution in [3.8, 4) is 11.6 Å². The Balaban J connectivity index is 1.83. The van der Waals surface area contributed by atoms with Gasteiger partial charge in [0.05, 0.1) is 12.1 Å². The first kappa shape index (κ1) is 23.1. The Kier molecular flexibility index (Phi) is 7.87. The molecule has 1 aromatic heterocycles. The van der Waals surface area contributed by atoms with Crippen LogP contribution in [0.4, 0.5) is 0 Å². The summed E-state index contributed by atoms with van der Waals surface area (Å²) in [6.07, 6.45) is 2.49. The smallest absolute Gasteiger partial charge is 0.223 e. The highest BCUT2D eigenvalue weighted by atomic mass is 35.5. The predicted molar refractivity (Wildman–Crippen MR) is 135 cm³/mol. The van der Waals surface area contributed by atoms with E-state index in [0.29, 0.717) is 40.2 Å². The second-order valence-electron chi connectivity index (χ2n) is 7.64. The third-order valence-corrected chi connectivity index (χ3v) is 6.33. The average molecular weight is 477 g/mol.